The minimum absolute atomic E-state index is 0.0581. The molecule has 0 fully saturated rings. The highest BCUT2D eigenvalue weighted by Gasteiger charge is 2.26. The van der Waals surface area contributed by atoms with E-state index in [2.05, 4.69) is 31.9 Å². The van der Waals surface area contributed by atoms with Crippen molar-refractivity contribution in [3.05, 3.63) is 33.8 Å². The molecule has 2 rings (SSSR count). The molecule has 4 heteroatoms. The molecule has 0 aliphatic heterocycles. The number of hydrogen-bond donors (Lipinski definition) is 0. The van der Waals surface area contributed by atoms with Gasteiger partial charge in [-0.05, 0) is 50.2 Å². The maximum atomic E-state index is 11.7. The van der Waals surface area contributed by atoms with Crippen LogP contribution in [0.15, 0.2) is 27.6 Å². The average Bonchev–Trinajstić information content (AvgIpc) is 2.44. The Bertz CT molecular complexity index is 451. The van der Waals surface area contributed by atoms with Crippen molar-refractivity contribution in [2.45, 2.75) is 4.90 Å². The topological polar surface area (TPSA) is 17.1 Å². The van der Waals surface area contributed by atoms with Gasteiger partial charge in [0, 0.05) is 20.5 Å². The molecule has 0 radical (unpaired) electrons. The summed E-state index contributed by atoms with van der Waals surface area (Å²) in [6.07, 6.45) is 2.00. The predicted octanol–water partition coefficient (Wildman–Crippen LogP) is 4.06. The van der Waals surface area contributed by atoms with Crippen LogP contribution in [0.2, 0.25) is 0 Å². The van der Waals surface area contributed by atoms with Crippen molar-refractivity contribution < 1.29 is 4.79 Å². The van der Waals surface area contributed by atoms with Crippen molar-refractivity contribution >= 4 is 53.9 Å². The first-order chi connectivity index (χ1) is 6.65. The minimum atomic E-state index is 0.0581. The molecule has 0 bridgehead atoms. The fraction of sp³-hybridized carbons (Fsp3) is 0.100. The van der Waals surface area contributed by atoms with E-state index in [1.807, 2.05) is 24.5 Å². The highest BCUT2D eigenvalue weighted by molar-refractivity contribution is 9.16. The van der Waals surface area contributed by atoms with Crippen molar-refractivity contribution in [3.8, 4) is 0 Å². The monoisotopic (exact) mass is 332 g/mol. The Morgan fingerprint density at radius 3 is 2.50 bits per heavy atom. The third kappa shape index (κ3) is 1.49. The zero-order valence-electron chi connectivity index (χ0n) is 7.30. The van der Waals surface area contributed by atoms with Crippen LogP contribution in [0.1, 0.15) is 15.9 Å². The highest BCUT2D eigenvalue weighted by atomic mass is 79.9. The fourth-order valence-electron chi connectivity index (χ4n) is 1.37. The van der Waals surface area contributed by atoms with Crippen LogP contribution in [0.3, 0.4) is 0 Å². The van der Waals surface area contributed by atoms with Crippen LogP contribution in [0.25, 0.3) is 4.48 Å². The lowest BCUT2D eigenvalue weighted by atomic mass is 10.1. The number of fused-ring (bicyclic) bond motifs is 1. The van der Waals surface area contributed by atoms with Gasteiger partial charge in [0.2, 0.25) is 5.78 Å². The summed E-state index contributed by atoms with van der Waals surface area (Å²) in [5, 5.41) is 0. The van der Waals surface area contributed by atoms with Gasteiger partial charge in [-0.2, -0.15) is 0 Å². The Morgan fingerprint density at radius 2 is 1.86 bits per heavy atom. The molecule has 1 aliphatic carbocycles. The molecule has 0 heterocycles. The van der Waals surface area contributed by atoms with E-state index in [9.17, 15) is 4.79 Å². The molecule has 1 aliphatic rings. The molecule has 14 heavy (non-hydrogen) atoms. The van der Waals surface area contributed by atoms with Gasteiger partial charge in [-0.3, -0.25) is 4.79 Å². The summed E-state index contributed by atoms with van der Waals surface area (Å²) in [6, 6.07) is 5.92. The summed E-state index contributed by atoms with van der Waals surface area (Å²) in [4.78, 5) is 12.8. The van der Waals surface area contributed by atoms with Crippen LogP contribution < -0.4 is 0 Å². The van der Waals surface area contributed by atoms with Crippen LogP contribution in [0.4, 0.5) is 0 Å². The molecule has 1 nitrogen and oxygen atoms in total. The summed E-state index contributed by atoms with van der Waals surface area (Å²) in [7, 11) is 0. The quantitative estimate of drug-likeness (QED) is 0.721. The summed E-state index contributed by atoms with van der Waals surface area (Å²) in [6.45, 7) is 0. The second-order valence-corrected chi connectivity index (χ2v) is 5.33. The number of Topliss-reactive ketones (excluding diaryl/α,β-unsaturated/α-hetero) is 1. The smallest absolute Gasteiger partial charge is 0.201 e. The van der Waals surface area contributed by atoms with Crippen LogP contribution in [0, 0.1) is 0 Å². The van der Waals surface area contributed by atoms with Gasteiger partial charge in [-0.25, -0.2) is 0 Å². The lowest BCUT2D eigenvalue weighted by Crippen LogP contribution is -1.93. The van der Waals surface area contributed by atoms with E-state index in [1.54, 1.807) is 11.8 Å². The highest BCUT2D eigenvalue weighted by Crippen LogP contribution is 2.40. The van der Waals surface area contributed by atoms with Crippen LogP contribution in [0.5, 0.6) is 0 Å². The molecular formula is C10H6Br2OS. The van der Waals surface area contributed by atoms with E-state index in [0.29, 0.717) is 4.48 Å². The minimum Gasteiger partial charge on any atom is -0.288 e. The number of carbonyl (C=O) groups is 1. The van der Waals surface area contributed by atoms with Gasteiger partial charge in [0.15, 0.2) is 0 Å². The summed E-state index contributed by atoms with van der Waals surface area (Å²) < 4.78 is 1.47. The van der Waals surface area contributed by atoms with Gasteiger partial charge in [0.05, 0.1) is 4.48 Å². The normalized spacial score (nSPS) is 14.9. The Labute approximate surface area is 103 Å². The molecule has 0 unspecified atom stereocenters. The van der Waals surface area contributed by atoms with Crippen molar-refractivity contribution in [1.82, 2.24) is 0 Å². The molecule has 0 N–H and O–H groups in total. The van der Waals surface area contributed by atoms with Crippen LogP contribution in [-0.2, 0) is 0 Å². The third-order valence-corrected chi connectivity index (χ3v) is 4.94. The Balaban J connectivity index is 2.61. The first-order valence-electron chi connectivity index (χ1n) is 3.93. The second kappa shape index (κ2) is 3.83. The van der Waals surface area contributed by atoms with Gasteiger partial charge in [-0.15, -0.1) is 11.8 Å². The molecular weight excluding hydrogens is 328 g/mol. The van der Waals surface area contributed by atoms with Crippen molar-refractivity contribution in [3.63, 3.8) is 0 Å². The van der Waals surface area contributed by atoms with E-state index in [-0.39, 0.29) is 5.78 Å². The van der Waals surface area contributed by atoms with E-state index in [4.69, 9.17) is 0 Å². The average molecular weight is 334 g/mol. The molecule has 72 valence electrons. The van der Waals surface area contributed by atoms with E-state index in [1.165, 1.54) is 0 Å². The molecule has 0 amide bonds. The number of allylic oxidation sites excluding steroid dienone is 1. The maximum absolute atomic E-state index is 11.7. The zero-order valence-corrected chi connectivity index (χ0v) is 11.3. The van der Waals surface area contributed by atoms with Gasteiger partial charge in [0.1, 0.15) is 0 Å². The number of rotatable bonds is 1. The Morgan fingerprint density at radius 1 is 1.14 bits per heavy atom. The molecule has 0 atom stereocenters. The van der Waals surface area contributed by atoms with Crippen LogP contribution in [-0.4, -0.2) is 12.0 Å². The van der Waals surface area contributed by atoms with E-state index < -0.39 is 0 Å². The summed E-state index contributed by atoms with van der Waals surface area (Å²) >= 11 is 8.31. The van der Waals surface area contributed by atoms with Crippen LogP contribution >= 0.6 is 43.6 Å². The third-order valence-electron chi connectivity index (χ3n) is 2.10. The van der Waals surface area contributed by atoms with Crippen molar-refractivity contribution in [1.29, 1.82) is 0 Å². The number of ketones is 1. The standard InChI is InChI=1S/C10H6Br2OS/c1-14-5-2-3-6-7(4-5)10(13)9(12)8(6)11/h2-4H,1H3. The van der Waals surface area contributed by atoms with Crippen molar-refractivity contribution in [2.75, 3.05) is 6.26 Å². The molecule has 0 aromatic heterocycles. The van der Waals surface area contributed by atoms with Gasteiger partial charge in [-0.1, -0.05) is 6.07 Å². The maximum Gasteiger partial charge on any atom is 0.201 e. The first kappa shape index (κ1) is 10.5. The fourth-order valence-corrected chi connectivity index (χ4v) is 2.76. The molecule has 0 saturated carbocycles. The lowest BCUT2D eigenvalue weighted by molar-refractivity contribution is 0.104. The zero-order chi connectivity index (χ0) is 10.3. The van der Waals surface area contributed by atoms with Gasteiger partial charge >= 0.3 is 0 Å². The molecule has 1 aromatic carbocycles. The molecule has 1 aromatic rings. The Kier molecular flexibility index (Phi) is 2.86. The van der Waals surface area contributed by atoms with Crippen molar-refractivity contribution in [2.24, 2.45) is 0 Å². The first-order valence-corrected chi connectivity index (χ1v) is 6.74. The summed E-state index contributed by atoms with van der Waals surface area (Å²) in [5.74, 6) is 0.0581. The van der Waals surface area contributed by atoms with E-state index >= 15 is 0 Å². The Hall–Kier alpha value is -0.0600. The number of thioether (sulfide) groups is 1. The SMILES string of the molecule is CSc1ccc2c(c1)C(=O)C(Br)=C2Br. The van der Waals surface area contributed by atoms with Gasteiger partial charge in [0.25, 0.3) is 0 Å². The lowest BCUT2D eigenvalue weighted by Gasteiger charge is -2.01. The molecule has 0 spiro atoms. The molecule has 0 saturated heterocycles. The largest absolute Gasteiger partial charge is 0.288 e. The number of hydrogen-bond acceptors (Lipinski definition) is 2. The number of halogens is 2. The predicted molar refractivity (Wildman–Crippen MR) is 67.3 cm³/mol. The summed E-state index contributed by atoms with van der Waals surface area (Å²) in [5.41, 5.74) is 1.75. The van der Waals surface area contributed by atoms with E-state index in [0.717, 1.165) is 20.5 Å². The second-order valence-electron chi connectivity index (χ2n) is 2.87. The number of carbonyl (C=O) groups excluding carboxylic acids is 1. The van der Waals surface area contributed by atoms with Gasteiger partial charge < -0.3 is 0 Å². The number of benzene rings is 1.